The van der Waals surface area contributed by atoms with Gasteiger partial charge in [-0.1, -0.05) is 6.07 Å². The van der Waals surface area contributed by atoms with Crippen molar-refractivity contribution >= 4 is 10.9 Å². The summed E-state index contributed by atoms with van der Waals surface area (Å²) in [5, 5.41) is 4.88. The summed E-state index contributed by atoms with van der Waals surface area (Å²) < 4.78 is 6.02. The summed E-state index contributed by atoms with van der Waals surface area (Å²) in [5.74, 6) is 0.821. The molecule has 0 atom stereocenters. The van der Waals surface area contributed by atoms with Gasteiger partial charge >= 0.3 is 0 Å². The van der Waals surface area contributed by atoms with E-state index in [9.17, 15) is 0 Å². The van der Waals surface area contributed by atoms with Gasteiger partial charge in [0.2, 0.25) is 0 Å². The fraction of sp³-hybridized carbons (Fsp3) is 0.579. The van der Waals surface area contributed by atoms with Crippen molar-refractivity contribution in [3.63, 3.8) is 0 Å². The number of hydrogen-bond donors (Lipinski definition) is 2. The molecule has 0 unspecified atom stereocenters. The Kier molecular flexibility index (Phi) is 4.28. The summed E-state index contributed by atoms with van der Waals surface area (Å²) in [5.41, 5.74) is 5.08. The molecule has 0 radical (unpaired) electrons. The number of rotatable bonds is 7. The van der Waals surface area contributed by atoms with E-state index < -0.39 is 0 Å². The van der Waals surface area contributed by atoms with Crippen LogP contribution < -0.4 is 5.32 Å². The van der Waals surface area contributed by atoms with Gasteiger partial charge in [-0.05, 0) is 69.7 Å². The number of fused-ring (bicyclic) bond motifs is 1. The van der Waals surface area contributed by atoms with Crippen molar-refractivity contribution in [3.05, 3.63) is 35.0 Å². The topological polar surface area (TPSA) is 37.0 Å². The van der Waals surface area contributed by atoms with Crippen LogP contribution in [0.4, 0.5) is 0 Å². The van der Waals surface area contributed by atoms with Crippen molar-refractivity contribution in [1.29, 1.82) is 0 Å². The highest BCUT2D eigenvalue weighted by molar-refractivity contribution is 5.84. The van der Waals surface area contributed by atoms with E-state index in [1.54, 1.807) is 0 Å². The van der Waals surface area contributed by atoms with Gasteiger partial charge in [-0.3, -0.25) is 0 Å². The molecule has 3 rings (SSSR count). The Morgan fingerprint density at radius 1 is 1.27 bits per heavy atom. The maximum atomic E-state index is 6.02. The van der Waals surface area contributed by atoms with Crippen LogP contribution >= 0.6 is 0 Å². The third-order valence-electron chi connectivity index (χ3n) is 4.66. The van der Waals surface area contributed by atoms with Crippen LogP contribution in [0.5, 0.6) is 0 Å². The first-order valence-electron chi connectivity index (χ1n) is 8.37. The summed E-state index contributed by atoms with van der Waals surface area (Å²) in [6, 6.07) is 6.67. The number of hydrogen-bond acceptors (Lipinski definition) is 2. The molecule has 120 valence electrons. The third kappa shape index (κ3) is 3.71. The van der Waals surface area contributed by atoms with Gasteiger partial charge in [0, 0.05) is 29.7 Å². The van der Waals surface area contributed by atoms with Crippen LogP contribution in [-0.4, -0.2) is 23.7 Å². The molecule has 0 amide bonds. The quantitative estimate of drug-likeness (QED) is 0.808. The van der Waals surface area contributed by atoms with E-state index in [-0.39, 0.29) is 5.60 Å². The van der Waals surface area contributed by atoms with E-state index in [4.69, 9.17) is 4.74 Å². The minimum absolute atomic E-state index is 0.0900. The van der Waals surface area contributed by atoms with Gasteiger partial charge in [0.15, 0.2) is 0 Å². The maximum Gasteiger partial charge on any atom is 0.0750 e. The van der Waals surface area contributed by atoms with E-state index in [0.29, 0.717) is 0 Å². The number of aryl methyl sites for hydroxylation is 2. The van der Waals surface area contributed by atoms with Crippen molar-refractivity contribution in [1.82, 2.24) is 10.3 Å². The van der Waals surface area contributed by atoms with Gasteiger partial charge < -0.3 is 15.0 Å². The Morgan fingerprint density at radius 3 is 2.77 bits per heavy atom. The first kappa shape index (κ1) is 15.6. The Balaban J connectivity index is 1.55. The molecule has 0 aliphatic heterocycles. The third-order valence-corrected chi connectivity index (χ3v) is 4.66. The molecule has 2 aromatic rings. The van der Waals surface area contributed by atoms with Gasteiger partial charge in [-0.15, -0.1) is 0 Å². The molecule has 1 fully saturated rings. The average molecular weight is 300 g/mol. The van der Waals surface area contributed by atoms with Gasteiger partial charge in [0.05, 0.1) is 12.2 Å². The number of aromatic nitrogens is 1. The molecule has 1 aromatic heterocycles. The zero-order valence-corrected chi connectivity index (χ0v) is 14.3. The minimum Gasteiger partial charge on any atom is -0.374 e. The minimum atomic E-state index is -0.0900. The lowest BCUT2D eigenvalue weighted by Crippen LogP contribution is -2.37. The second-order valence-electron chi connectivity index (χ2n) is 7.37. The zero-order chi connectivity index (χ0) is 15.7. The highest BCUT2D eigenvalue weighted by atomic mass is 16.5. The van der Waals surface area contributed by atoms with Crippen molar-refractivity contribution in [2.24, 2.45) is 5.92 Å². The molecular weight excluding hydrogens is 272 g/mol. The summed E-state index contributed by atoms with van der Waals surface area (Å²) in [7, 11) is 0. The fourth-order valence-electron chi connectivity index (χ4n) is 2.81. The largest absolute Gasteiger partial charge is 0.374 e. The Morgan fingerprint density at radius 2 is 2.05 bits per heavy atom. The summed E-state index contributed by atoms with van der Waals surface area (Å²) in [6.07, 6.45) is 2.69. The normalized spacial score (nSPS) is 15.6. The van der Waals surface area contributed by atoms with E-state index >= 15 is 0 Å². The second kappa shape index (κ2) is 6.05. The van der Waals surface area contributed by atoms with Gasteiger partial charge in [0.25, 0.3) is 0 Å². The predicted molar refractivity (Wildman–Crippen MR) is 92.2 cm³/mol. The van der Waals surface area contributed by atoms with Crippen LogP contribution in [0.25, 0.3) is 10.9 Å². The van der Waals surface area contributed by atoms with Crippen LogP contribution in [0.15, 0.2) is 18.2 Å². The van der Waals surface area contributed by atoms with Crippen molar-refractivity contribution < 1.29 is 4.74 Å². The number of H-pyrrole nitrogens is 1. The lowest BCUT2D eigenvalue weighted by Gasteiger charge is -2.26. The van der Waals surface area contributed by atoms with Crippen LogP contribution in [0.2, 0.25) is 0 Å². The monoisotopic (exact) mass is 300 g/mol. The molecule has 1 saturated carbocycles. The number of nitrogens with one attached hydrogen (secondary N) is 2. The molecule has 1 aliphatic carbocycles. The van der Waals surface area contributed by atoms with Crippen molar-refractivity contribution in [2.75, 3.05) is 13.2 Å². The second-order valence-corrected chi connectivity index (χ2v) is 7.37. The van der Waals surface area contributed by atoms with Gasteiger partial charge in [-0.2, -0.15) is 0 Å². The summed E-state index contributed by atoms with van der Waals surface area (Å²) in [4.78, 5) is 3.43. The maximum absolute atomic E-state index is 6.02. The standard InChI is InChI=1S/C19H28N2O/c1-13-14(2)21-18-8-7-16(9-17(13)18)10-20-12-19(3,4)22-11-15-5-6-15/h7-9,15,20-21H,5-6,10-12H2,1-4H3. The highest BCUT2D eigenvalue weighted by Crippen LogP contribution is 2.30. The first-order chi connectivity index (χ1) is 10.4. The van der Waals surface area contributed by atoms with Gasteiger partial charge in [0.1, 0.15) is 0 Å². The highest BCUT2D eigenvalue weighted by Gasteiger charge is 2.26. The van der Waals surface area contributed by atoms with Gasteiger partial charge in [-0.25, -0.2) is 0 Å². The van der Waals surface area contributed by atoms with E-state index in [0.717, 1.165) is 25.6 Å². The molecule has 1 heterocycles. The van der Waals surface area contributed by atoms with Crippen LogP contribution in [0.1, 0.15) is 43.5 Å². The van der Waals surface area contributed by atoms with E-state index in [1.165, 1.54) is 40.6 Å². The molecule has 2 N–H and O–H groups in total. The van der Waals surface area contributed by atoms with Crippen LogP contribution in [0, 0.1) is 19.8 Å². The van der Waals surface area contributed by atoms with Crippen LogP contribution in [0.3, 0.4) is 0 Å². The molecule has 0 bridgehead atoms. The number of ether oxygens (including phenoxy) is 1. The smallest absolute Gasteiger partial charge is 0.0750 e. The van der Waals surface area contributed by atoms with Crippen LogP contribution in [-0.2, 0) is 11.3 Å². The lowest BCUT2D eigenvalue weighted by molar-refractivity contribution is -0.0220. The van der Waals surface area contributed by atoms with E-state index in [2.05, 4.69) is 56.2 Å². The molecule has 3 nitrogen and oxygen atoms in total. The number of benzene rings is 1. The Labute approximate surface area is 133 Å². The lowest BCUT2D eigenvalue weighted by atomic mass is 10.1. The SMILES string of the molecule is Cc1[nH]c2ccc(CNCC(C)(C)OCC3CC3)cc2c1C. The Bertz CT molecular complexity index is 653. The molecule has 0 saturated heterocycles. The molecule has 3 heteroatoms. The van der Waals surface area contributed by atoms with Crippen molar-refractivity contribution in [2.45, 2.75) is 52.7 Å². The summed E-state index contributed by atoms with van der Waals surface area (Å²) >= 11 is 0. The molecule has 1 aromatic carbocycles. The summed E-state index contributed by atoms with van der Waals surface area (Å²) in [6.45, 7) is 11.3. The first-order valence-corrected chi connectivity index (χ1v) is 8.37. The molecule has 22 heavy (non-hydrogen) atoms. The molecule has 0 spiro atoms. The number of aromatic amines is 1. The predicted octanol–water partition coefficient (Wildman–Crippen LogP) is 4.08. The molecule has 1 aliphatic rings. The fourth-order valence-corrected chi connectivity index (χ4v) is 2.81. The zero-order valence-electron chi connectivity index (χ0n) is 14.3. The Hall–Kier alpha value is -1.32. The van der Waals surface area contributed by atoms with E-state index in [1.807, 2.05) is 0 Å². The van der Waals surface area contributed by atoms with Crippen molar-refractivity contribution in [3.8, 4) is 0 Å². The average Bonchev–Trinajstić information content (AvgIpc) is 3.25. The molecular formula is C19H28N2O.